The molecule has 2 aromatic carbocycles. The summed E-state index contributed by atoms with van der Waals surface area (Å²) in [6.07, 6.45) is 0.0351. The van der Waals surface area contributed by atoms with E-state index in [1.807, 2.05) is 12.1 Å². The predicted octanol–water partition coefficient (Wildman–Crippen LogP) is 2.37. The van der Waals surface area contributed by atoms with Crippen LogP contribution in [0.3, 0.4) is 0 Å². The van der Waals surface area contributed by atoms with E-state index >= 15 is 0 Å². The Morgan fingerprint density at radius 1 is 1.10 bits per heavy atom. The highest BCUT2D eigenvalue weighted by Crippen LogP contribution is 2.26. The van der Waals surface area contributed by atoms with E-state index < -0.39 is 0 Å². The van der Waals surface area contributed by atoms with Gasteiger partial charge >= 0.3 is 0 Å². The van der Waals surface area contributed by atoms with Gasteiger partial charge in [0.1, 0.15) is 0 Å². The SMILES string of the molecule is COCC(CNc1ccc(CN)c2ccccc12)OC. The Morgan fingerprint density at radius 3 is 2.50 bits per heavy atom. The summed E-state index contributed by atoms with van der Waals surface area (Å²) in [4.78, 5) is 0. The Morgan fingerprint density at radius 2 is 1.85 bits per heavy atom. The molecule has 0 bridgehead atoms. The molecule has 0 aromatic heterocycles. The average Bonchev–Trinajstić information content (AvgIpc) is 2.51. The minimum atomic E-state index is 0.0351. The van der Waals surface area contributed by atoms with Crippen LogP contribution in [-0.4, -0.2) is 33.5 Å². The fourth-order valence-corrected chi connectivity index (χ4v) is 2.31. The van der Waals surface area contributed by atoms with E-state index in [0.29, 0.717) is 19.7 Å². The van der Waals surface area contributed by atoms with Crippen LogP contribution in [0, 0.1) is 0 Å². The summed E-state index contributed by atoms with van der Waals surface area (Å²) in [5.41, 5.74) is 8.04. The lowest BCUT2D eigenvalue weighted by molar-refractivity contribution is 0.0366. The number of nitrogens with two attached hydrogens (primary N) is 1. The van der Waals surface area contributed by atoms with Crippen LogP contribution in [0.25, 0.3) is 10.8 Å². The minimum absolute atomic E-state index is 0.0351. The molecule has 0 aliphatic heterocycles. The van der Waals surface area contributed by atoms with Crippen molar-refractivity contribution >= 4 is 16.5 Å². The summed E-state index contributed by atoms with van der Waals surface area (Å²) >= 11 is 0. The van der Waals surface area contributed by atoms with Gasteiger partial charge in [-0.1, -0.05) is 30.3 Å². The summed E-state index contributed by atoms with van der Waals surface area (Å²) in [5.74, 6) is 0. The average molecular weight is 274 g/mol. The maximum absolute atomic E-state index is 5.79. The monoisotopic (exact) mass is 274 g/mol. The van der Waals surface area contributed by atoms with Crippen LogP contribution in [0.1, 0.15) is 5.56 Å². The molecule has 0 amide bonds. The molecule has 0 heterocycles. The van der Waals surface area contributed by atoms with Gasteiger partial charge in [-0.15, -0.1) is 0 Å². The predicted molar refractivity (Wildman–Crippen MR) is 83.0 cm³/mol. The van der Waals surface area contributed by atoms with Crippen molar-refractivity contribution in [2.45, 2.75) is 12.6 Å². The van der Waals surface area contributed by atoms with Gasteiger partial charge in [0.05, 0.1) is 12.7 Å². The number of hydrogen-bond acceptors (Lipinski definition) is 4. The molecule has 4 nitrogen and oxygen atoms in total. The second-order valence-electron chi connectivity index (χ2n) is 4.72. The number of anilines is 1. The molecule has 2 rings (SSSR count). The van der Waals surface area contributed by atoms with Gasteiger partial charge < -0.3 is 20.5 Å². The molecular weight excluding hydrogens is 252 g/mol. The number of nitrogens with one attached hydrogen (secondary N) is 1. The molecule has 0 aliphatic rings. The third-order valence-electron chi connectivity index (χ3n) is 3.44. The molecule has 1 atom stereocenters. The topological polar surface area (TPSA) is 56.5 Å². The number of hydrogen-bond donors (Lipinski definition) is 2. The summed E-state index contributed by atoms with van der Waals surface area (Å²) in [6, 6.07) is 12.4. The lowest BCUT2D eigenvalue weighted by Crippen LogP contribution is -2.26. The van der Waals surface area contributed by atoms with E-state index in [4.69, 9.17) is 15.2 Å². The first-order chi connectivity index (χ1) is 9.80. The molecule has 3 N–H and O–H groups in total. The Balaban J connectivity index is 2.22. The lowest BCUT2D eigenvalue weighted by Gasteiger charge is -2.17. The minimum Gasteiger partial charge on any atom is -0.382 e. The van der Waals surface area contributed by atoms with Crippen LogP contribution in [0.2, 0.25) is 0 Å². The van der Waals surface area contributed by atoms with Gasteiger partial charge in [-0.3, -0.25) is 0 Å². The van der Waals surface area contributed by atoms with Gasteiger partial charge in [-0.05, 0) is 17.0 Å². The molecule has 0 saturated heterocycles. The molecule has 0 aliphatic carbocycles. The van der Waals surface area contributed by atoms with Crippen molar-refractivity contribution in [1.29, 1.82) is 0 Å². The molecule has 0 saturated carbocycles. The van der Waals surface area contributed by atoms with Gasteiger partial charge in [0.25, 0.3) is 0 Å². The first-order valence-corrected chi connectivity index (χ1v) is 6.76. The second-order valence-corrected chi connectivity index (χ2v) is 4.72. The van der Waals surface area contributed by atoms with Crippen molar-refractivity contribution in [2.24, 2.45) is 5.73 Å². The normalized spacial score (nSPS) is 12.6. The van der Waals surface area contributed by atoms with Crippen molar-refractivity contribution in [3.63, 3.8) is 0 Å². The number of fused-ring (bicyclic) bond motifs is 1. The van der Waals surface area contributed by atoms with Gasteiger partial charge in [0, 0.05) is 38.4 Å². The van der Waals surface area contributed by atoms with E-state index in [1.165, 1.54) is 10.8 Å². The molecule has 0 spiro atoms. The van der Waals surface area contributed by atoms with Crippen LogP contribution in [0.5, 0.6) is 0 Å². The molecule has 20 heavy (non-hydrogen) atoms. The van der Waals surface area contributed by atoms with Crippen molar-refractivity contribution in [1.82, 2.24) is 0 Å². The fraction of sp³-hybridized carbons (Fsp3) is 0.375. The highest BCUT2D eigenvalue weighted by molar-refractivity contribution is 5.96. The van der Waals surface area contributed by atoms with E-state index in [0.717, 1.165) is 11.3 Å². The first kappa shape index (κ1) is 14.8. The van der Waals surface area contributed by atoms with Crippen LogP contribution in [0.15, 0.2) is 36.4 Å². The van der Waals surface area contributed by atoms with E-state index in [9.17, 15) is 0 Å². The maximum Gasteiger partial charge on any atom is 0.0976 e. The number of ether oxygens (including phenoxy) is 2. The quantitative estimate of drug-likeness (QED) is 0.814. The zero-order chi connectivity index (χ0) is 14.4. The number of rotatable bonds is 7. The highest BCUT2D eigenvalue weighted by Gasteiger charge is 2.09. The van der Waals surface area contributed by atoms with Gasteiger partial charge in [0.2, 0.25) is 0 Å². The third kappa shape index (κ3) is 3.28. The standard InChI is InChI=1S/C16H22N2O2/c1-19-11-13(20-2)10-18-16-8-7-12(9-17)14-5-3-4-6-15(14)16/h3-8,13,18H,9-11,17H2,1-2H3. The summed E-state index contributed by atoms with van der Waals surface area (Å²) < 4.78 is 10.5. The van der Waals surface area contributed by atoms with Crippen molar-refractivity contribution in [3.8, 4) is 0 Å². The zero-order valence-corrected chi connectivity index (χ0v) is 12.1. The van der Waals surface area contributed by atoms with E-state index in [-0.39, 0.29) is 6.10 Å². The van der Waals surface area contributed by atoms with Crippen LogP contribution in [0.4, 0.5) is 5.69 Å². The number of methoxy groups -OCH3 is 2. The van der Waals surface area contributed by atoms with Crippen molar-refractivity contribution < 1.29 is 9.47 Å². The molecule has 1 unspecified atom stereocenters. The Bertz CT molecular complexity index is 557. The van der Waals surface area contributed by atoms with Gasteiger partial charge in [-0.25, -0.2) is 0 Å². The Labute approximate surface area is 119 Å². The van der Waals surface area contributed by atoms with E-state index in [2.05, 4.69) is 29.6 Å². The zero-order valence-electron chi connectivity index (χ0n) is 12.1. The molecule has 2 aromatic rings. The Kier molecular flexibility index (Phi) is 5.35. The smallest absolute Gasteiger partial charge is 0.0976 e. The van der Waals surface area contributed by atoms with Crippen LogP contribution < -0.4 is 11.1 Å². The molecule has 4 heteroatoms. The molecule has 0 fully saturated rings. The van der Waals surface area contributed by atoms with Crippen molar-refractivity contribution in [3.05, 3.63) is 42.0 Å². The largest absolute Gasteiger partial charge is 0.382 e. The second kappa shape index (κ2) is 7.24. The lowest BCUT2D eigenvalue weighted by atomic mass is 10.0. The fourth-order valence-electron chi connectivity index (χ4n) is 2.31. The third-order valence-corrected chi connectivity index (χ3v) is 3.44. The van der Waals surface area contributed by atoms with Gasteiger partial charge in [0.15, 0.2) is 0 Å². The van der Waals surface area contributed by atoms with E-state index in [1.54, 1.807) is 14.2 Å². The van der Waals surface area contributed by atoms with Gasteiger partial charge in [-0.2, -0.15) is 0 Å². The molecular formula is C16H22N2O2. The summed E-state index contributed by atoms with van der Waals surface area (Å²) in [6.45, 7) is 1.82. The Hall–Kier alpha value is -1.62. The highest BCUT2D eigenvalue weighted by atomic mass is 16.5. The maximum atomic E-state index is 5.79. The summed E-state index contributed by atoms with van der Waals surface area (Å²) in [5, 5.41) is 5.81. The van der Waals surface area contributed by atoms with Crippen molar-refractivity contribution in [2.75, 3.05) is 32.7 Å². The summed E-state index contributed by atoms with van der Waals surface area (Å²) in [7, 11) is 3.37. The van der Waals surface area contributed by atoms with Crippen LogP contribution in [-0.2, 0) is 16.0 Å². The van der Waals surface area contributed by atoms with Crippen LogP contribution >= 0.6 is 0 Å². The molecule has 108 valence electrons. The molecule has 0 radical (unpaired) electrons. The number of benzene rings is 2. The first-order valence-electron chi connectivity index (χ1n) is 6.76.